The number of hydrogen-bond acceptors (Lipinski definition) is 2. The predicted octanol–water partition coefficient (Wildman–Crippen LogP) is 9.03. The van der Waals surface area contributed by atoms with E-state index in [1.54, 1.807) is 0 Å². The molecule has 0 saturated heterocycles. The minimum atomic E-state index is -3.03. The summed E-state index contributed by atoms with van der Waals surface area (Å²) >= 11 is 0. The molecule has 0 aliphatic rings. The van der Waals surface area contributed by atoms with Crippen LogP contribution in [-0.2, 0) is 0 Å². The van der Waals surface area contributed by atoms with Gasteiger partial charge in [0.25, 0.3) is 0 Å². The third-order valence-electron chi connectivity index (χ3n) is 12.1. The van der Waals surface area contributed by atoms with E-state index in [0.717, 1.165) is 50.4 Å². The highest BCUT2D eigenvalue weighted by Crippen LogP contribution is 2.32. The zero-order valence-electron chi connectivity index (χ0n) is 31.8. The lowest BCUT2D eigenvalue weighted by atomic mass is 10.2. The fourth-order valence-corrected chi connectivity index (χ4v) is 14.5. The number of fused-ring (bicyclic) bond motifs is 10. The van der Waals surface area contributed by atoms with Gasteiger partial charge in [-0.1, -0.05) is 127 Å². The lowest BCUT2D eigenvalue weighted by Crippen LogP contribution is -2.74. The Kier molecular flexibility index (Phi) is 7.21. The van der Waals surface area contributed by atoms with Crippen molar-refractivity contribution in [3.05, 3.63) is 212 Å². The minimum Gasteiger partial charge on any atom is -0.294 e. The molecule has 0 atom stereocenters. The van der Waals surface area contributed by atoms with Crippen molar-refractivity contribution < 1.29 is 0 Å². The van der Waals surface area contributed by atoms with Crippen molar-refractivity contribution in [3.8, 4) is 17.4 Å². The van der Waals surface area contributed by atoms with Crippen molar-refractivity contribution in [1.29, 1.82) is 5.26 Å². The summed E-state index contributed by atoms with van der Waals surface area (Å²) in [6.45, 7) is 0. The quantitative estimate of drug-likeness (QED) is 0.125. The Hall–Kier alpha value is -7.92. The van der Waals surface area contributed by atoms with Gasteiger partial charge in [-0.25, -0.2) is 4.98 Å². The van der Waals surface area contributed by atoms with Crippen molar-refractivity contribution in [2.24, 2.45) is 0 Å². The molecule has 0 saturated carbocycles. The van der Waals surface area contributed by atoms with Gasteiger partial charge in [0, 0.05) is 16.8 Å². The van der Waals surface area contributed by atoms with E-state index >= 15 is 0 Å². The molecule has 59 heavy (non-hydrogen) atoms. The molecule has 8 aromatic carbocycles. The van der Waals surface area contributed by atoms with Gasteiger partial charge in [-0.05, 0) is 99.6 Å². The van der Waals surface area contributed by atoms with E-state index in [4.69, 9.17) is 4.98 Å². The van der Waals surface area contributed by atoms with E-state index in [1.165, 1.54) is 37.2 Å². The van der Waals surface area contributed by atoms with Crippen LogP contribution in [0.15, 0.2) is 206 Å². The molecule has 4 aromatic heterocycles. The Morgan fingerprint density at radius 1 is 0.407 bits per heavy atom. The van der Waals surface area contributed by atoms with Crippen molar-refractivity contribution in [2.75, 3.05) is 0 Å². The molecule has 6 nitrogen and oxygen atoms in total. The second-order valence-electron chi connectivity index (χ2n) is 15.2. The third kappa shape index (κ3) is 4.75. The summed E-state index contributed by atoms with van der Waals surface area (Å²) in [5.41, 5.74) is 11.3. The van der Waals surface area contributed by atoms with Gasteiger partial charge in [0.15, 0.2) is 8.07 Å². The maximum absolute atomic E-state index is 9.80. The Bertz CT molecular complexity index is 3600. The van der Waals surface area contributed by atoms with Crippen LogP contribution in [0.25, 0.3) is 66.8 Å². The summed E-state index contributed by atoms with van der Waals surface area (Å²) < 4.78 is 9.28. The molecule has 276 valence electrons. The summed E-state index contributed by atoms with van der Waals surface area (Å²) in [4.78, 5) is 5.20. The van der Waals surface area contributed by atoms with Crippen molar-refractivity contribution >= 4 is 84.2 Å². The first-order valence-corrected chi connectivity index (χ1v) is 21.9. The van der Waals surface area contributed by atoms with E-state index in [9.17, 15) is 5.26 Å². The molecule has 0 aliphatic heterocycles. The molecule has 0 N–H and O–H groups in total. The molecule has 0 unspecified atom stereocenters. The van der Waals surface area contributed by atoms with Crippen LogP contribution in [0.3, 0.4) is 0 Å². The van der Waals surface area contributed by atoms with Gasteiger partial charge in [0.05, 0.1) is 50.2 Å². The number of para-hydroxylation sites is 5. The van der Waals surface area contributed by atoms with E-state index < -0.39 is 8.07 Å². The van der Waals surface area contributed by atoms with Crippen molar-refractivity contribution in [2.45, 2.75) is 0 Å². The zero-order valence-corrected chi connectivity index (χ0v) is 32.8. The van der Waals surface area contributed by atoms with Crippen molar-refractivity contribution in [3.63, 3.8) is 0 Å². The van der Waals surface area contributed by atoms with Crippen LogP contribution in [0.4, 0.5) is 0 Å². The number of hydrogen-bond donors (Lipinski definition) is 0. The zero-order chi connectivity index (χ0) is 39.1. The first-order valence-electron chi connectivity index (χ1n) is 19.9. The van der Waals surface area contributed by atoms with Gasteiger partial charge in [0.2, 0.25) is 5.78 Å². The maximum atomic E-state index is 9.80. The summed E-state index contributed by atoms with van der Waals surface area (Å²) in [5.74, 6) is 0.810. The predicted molar refractivity (Wildman–Crippen MR) is 243 cm³/mol. The van der Waals surface area contributed by atoms with Gasteiger partial charge < -0.3 is 0 Å². The van der Waals surface area contributed by atoms with Crippen LogP contribution in [0.5, 0.6) is 0 Å². The smallest absolute Gasteiger partial charge is 0.220 e. The average Bonchev–Trinajstić information content (AvgIpc) is 4.04. The fourth-order valence-electron chi connectivity index (χ4n) is 9.65. The van der Waals surface area contributed by atoms with E-state index in [-0.39, 0.29) is 0 Å². The maximum Gasteiger partial charge on any atom is 0.220 e. The molecule has 0 bridgehead atoms. The highest BCUT2D eigenvalue weighted by atomic mass is 28.3. The van der Waals surface area contributed by atoms with Crippen LogP contribution < -0.4 is 20.7 Å². The summed E-state index contributed by atoms with van der Waals surface area (Å²) in [6.07, 6.45) is 0. The molecule has 7 heteroatoms. The molecule has 4 heterocycles. The highest BCUT2D eigenvalue weighted by Gasteiger charge is 2.42. The Balaban J connectivity index is 1.15. The normalized spacial score (nSPS) is 12.1. The Morgan fingerprint density at radius 2 is 0.932 bits per heavy atom. The molecular weight excluding hydrogens is 737 g/mol. The SMILES string of the molecule is N#Cc1ccc2nc3n(-c4cccc([Si](c5ccccc5)(c5ccccc5)c5cccc(-n6c7ccccc7n7c8ccccc8cc67)c5)c4)c4ccccc4n3c2c1. The largest absolute Gasteiger partial charge is 0.294 e. The highest BCUT2D eigenvalue weighted by molar-refractivity contribution is 7.20. The number of nitriles is 1. The molecule has 12 aromatic rings. The Labute approximate surface area is 340 Å². The minimum absolute atomic E-state index is 0.612. The lowest BCUT2D eigenvalue weighted by molar-refractivity contribution is 1.11. The number of benzene rings is 8. The number of imidazole rings is 3. The van der Waals surface area contributed by atoms with E-state index in [2.05, 4.69) is 212 Å². The third-order valence-corrected chi connectivity index (χ3v) is 16.9. The summed E-state index contributed by atoms with van der Waals surface area (Å²) in [6, 6.07) is 76.8. The topological polar surface area (TPSA) is 55.4 Å². The second kappa shape index (κ2) is 12.8. The molecule has 0 amide bonds. The lowest BCUT2D eigenvalue weighted by Gasteiger charge is -2.35. The monoisotopic (exact) mass is 770 g/mol. The van der Waals surface area contributed by atoms with Gasteiger partial charge >= 0.3 is 0 Å². The molecule has 0 radical (unpaired) electrons. The number of aromatic nitrogens is 5. The van der Waals surface area contributed by atoms with Crippen LogP contribution in [0.2, 0.25) is 0 Å². The number of nitrogens with zero attached hydrogens (tertiary/aromatic N) is 6. The van der Waals surface area contributed by atoms with Crippen molar-refractivity contribution in [1.82, 2.24) is 22.9 Å². The van der Waals surface area contributed by atoms with Gasteiger partial charge in [0.1, 0.15) is 5.65 Å². The molecule has 0 aliphatic carbocycles. The van der Waals surface area contributed by atoms with E-state index in [0.29, 0.717) is 5.56 Å². The van der Waals surface area contributed by atoms with Gasteiger partial charge in [-0.2, -0.15) is 5.26 Å². The fraction of sp³-hybridized carbons (Fsp3) is 0. The first-order chi connectivity index (χ1) is 29.2. The van der Waals surface area contributed by atoms with Crippen LogP contribution >= 0.6 is 0 Å². The average molecular weight is 771 g/mol. The molecule has 12 rings (SSSR count). The van der Waals surface area contributed by atoms with E-state index in [1.807, 2.05) is 18.2 Å². The molecule has 0 fully saturated rings. The Morgan fingerprint density at radius 3 is 1.58 bits per heavy atom. The standard InChI is InChI=1S/C52H34N6Si/c53-35-36-29-30-44-50(31-36)58-49-28-12-10-26-47(49)56(52(58)54-44)39-17-14-23-43(34-39)59(40-18-3-1-4-19-40,41-20-5-2-6-21-41)42-22-13-16-38(33-42)55-46-25-9-11-27-48(46)57-45-24-8-7-15-37(45)32-51(55)57/h1-34H. The molecule has 0 spiro atoms. The van der Waals surface area contributed by atoms with Gasteiger partial charge in [-0.15, -0.1) is 0 Å². The summed E-state index contributed by atoms with van der Waals surface area (Å²) in [7, 11) is -3.03. The van der Waals surface area contributed by atoms with Crippen LogP contribution in [-0.4, -0.2) is 31.0 Å². The van der Waals surface area contributed by atoms with Gasteiger partial charge in [-0.3, -0.25) is 17.9 Å². The first kappa shape index (κ1) is 33.2. The molecular formula is C52H34N6Si. The second-order valence-corrected chi connectivity index (χ2v) is 19.0. The summed E-state index contributed by atoms with van der Waals surface area (Å²) in [5, 5.41) is 16.2. The number of rotatable bonds is 6. The van der Waals surface area contributed by atoms with Crippen LogP contribution in [0, 0.1) is 11.3 Å². The van der Waals surface area contributed by atoms with Crippen LogP contribution in [0.1, 0.15) is 5.56 Å².